The van der Waals surface area contributed by atoms with Crippen LogP contribution >= 0.6 is 15.9 Å². The van der Waals surface area contributed by atoms with Crippen LogP contribution in [-0.4, -0.2) is 21.2 Å². The normalized spacial score (nSPS) is 15.9. The second kappa shape index (κ2) is 7.73. The molecule has 1 aliphatic carbocycles. The third-order valence-electron chi connectivity index (χ3n) is 4.20. The molecule has 1 aliphatic rings. The van der Waals surface area contributed by atoms with Gasteiger partial charge in [-0.2, -0.15) is 10.1 Å². The number of nitrogens with one attached hydrogen (secondary N) is 2. The van der Waals surface area contributed by atoms with Crippen LogP contribution < -0.4 is 10.6 Å². The van der Waals surface area contributed by atoms with Crippen LogP contribution in [0.15, 0.2) is 28.9 Å². The van der Waals surface area contributed by atoms with Gasteiger partial charge in [-0.15, -0.1) is 5.10 Å². The topological polar surface area (TPSA) is 62.7 Å². The fourth-order valence-corrected chi connectivity index (χ4v) is 3.42. The minimum Gasteiger partial charge on any atom is -0.366 e. The van der Waals surface area contributed by atoms with Gasteiger partial charge in [-0.3, -0.25) is 0 Å². The Morgan fingerprint density at radius 2 is 1.91 bits per heavy atom. The smallest absolute Gasteiger partial charge is 0.249 e. The molecule has 6 heteroatoms. The summed E-state index contributed by atoms with van der Waals surface area (Å²) in [7, 11) is 0. The zero-order chi connectivity index (χ0) is 16.1. The highest BCUT2D eigenvalue weighted by molar-refractivity contribution is 9.10. The predicted molar refractivity (Wildman–Crippen MR) is 97.1 cm³/mol. The van der Waals surface area contributed by atoms with Crippen LogP contribution in [0.1, 0.15) is 44.1 Å². The zero-order valence-corrected chi connectivity index (χ0v) is 14.9. The first-order valence-electron chi connectivity index (χ1n) is 8.20. The minimum atomic E-state index is 0.497. The Hall–Kier alpha value is -1.69. The molecule has 0 unspecified atom stereocenters. The van der Waals surface area contributed by atoms with Crippen LogP contribution in [0, 0.1) is 6.92 Å². The van der Waals surface area contributed by atoms with Crippen molar-refractivity contribution in [3.8, 4) is 0 Å². The molecule has 5 nitrogen and oxygen atoms in total. The number of benzene rings is 1. The quantitative estimate of drug-likeness (QED) is 0.749. The van der Waals surface area contributed by atoms with Crippen LogP contribution in [0.3, 0.4) is 0 Å². The fraction of sp³-hybridized carbons (Fsp3) is 0.471. The molecular formula is C17H22BrN5. The van der Waals surface area contributed by atoms with Crippen molar-refractivity contribution in [1.29, 1.82) is 0 Å². The van der Waals surface area contributed by atoms with Gasteiger partial charge >= 0.3 is 0 Å². The van der Waals surface area contributed by atoms with Gasteiger partial charge < -0.3 is 10.6 Å². The molecule has 0 bridgehead atoms. The highest BCUT2D eigenvalue weighted by atomic mass is 79.9. The summed E-state index contributed by atoms with van der Waals surface area (Å²) < 4.78 is 1.06. The van der Waals surface area contributed by atoms with E-state index in [1.54, 1.807) is 6.20 Å². The van der Waals surface area contributed by atoms with Crippen LogP contribution in [0.2, 0.25) is 0 Å². The number of rotatable bonds is 4. The van der Waals surface area contributed by atoms with Gasteiger partial charge in [0, 0.05) is 16.2 Å². The van der Waals surface area contributed by atoms with Gasteiger partial charge in [-0.05, 0) is 43.5 Å². The molecule has 122 valence electrons. The van der Waals surface area contributed by atoms with Gasteiger partial charge in [0.1, 0.15) is 0 Å². The van der Waals surface area contributed by atoms with E-state index in [1.165, 1.54) is 38.5 Å². The molecule has 1 heterocycles. The van der Waals surface area contributed by atoms with Gasteiger partial charge in [-0.25, -0.2) is 0 Å². The maximum absolute atomic E-state index is 4.55. The summed E-state index contributed by atoms with van der Waals surface area (Å²) in [6, 6.07) is 6.56. The maximum Gasteiger partial charge on any atom is 0.249 e. The Bertz CT molecular complexity index is 653. The first kappa shape index (κ1) is 16.2. The lowest BCUT2D eigenvalue weighted by Crippen LogP contribution is -2.19. The molecule has 0 atom stereocenters. The number of aryl methyl sites for hydroxylation is 1. The molecule has 0 saturated heterocycles. The van der Waals surface area contributed by atoms with Crippen molar-refractivity contribution in [3.05, 3.63) is 34.4 Å². The van der Waals surface area contributed by atoms with Crippen LogP contribution in [0.5, 0.6) is 0 Å². The zero-order valence-electron chi connectivity index (χ0n) is 13.3. The summed E-state index contributed by atoms with van der Waals surface area (Å²) in [4.78, 5) is 4.55. The van der Waals surface area contributed by atoms with Crippen molar-refractivity contribution >= 4 is 33.4 Å². The van der Waals surface area contributed by atoms with Crippen LogP contribution in [0.25, 0.3) is 0 Å². The molecule has 0 radical (unpaired) electrons. The number of halogens is 1. The van der Waals surface area contributed by atoms with E-state index in [4.69, 9.17) is 0 Å². The van der Waals surface area contributed by atoms with Crippen molar-refractivity contribution in [2.24, 2.45) is 0 Å². The summed E-state index contributed by atoms with van der Waals surface area (Å²) in [6.45, 7) is 2.05. The molecule has 1 aromatic carbocycles. The molecule has 3 rings (SSSR count). The highest BCUT2D eigenvalue weighted by Crippen LogP contribution is 2.23. The van der Waals surface area contributed by atoms with E-state index in [-0.39, 0.29) is 0 Å². The van der Waals surface area contributed by atoms with Crippen LogP contribution in [0.4, 0.5) is 17.5 Å². The van der Waals surface area contributed by atoms with Gasteiger partial charge in [0.2, 0.25) is 5.95 Å². The van der Waals surface area contributed by atoms with E-state index < -0.39 is 0 Å². The molecule has 0 spiro atoms. The van der Waals surface area contributed by atoms with E-state index in [9.17, 15) is 0 Å². The lowest BCUT2D eigenvalue weighted by molar-refractivity contribution is 0.617. The first-order valence-corrected chi connectivity index (χ1v) is 8.99. The number of hydrogen-bond donors (Lipinski definition) is 2. The summed E-state index contributed by atoms with van der Waals surface area (Å²) in [6.07, 6.45) is 9.38. The molecule has 0 amide bonds. The Morgan fingerprint density at radius 3 is 2.65 bits per heavy atom. The van der Waals surface area contributed by atoms with Crippen LogP contribution in [-0.2, 0) is 0 Å². The van der Waals surface area contributed by atoms with Crippen molar-refractivity contribution in [2.75, 3.05) is 10.6 Å². The third-order valence-corrected chi connectivity index (χ3v) is 4.69. The largest absolute Gasteiger partial charge is 0.366 e. The Morgan fingerprint density at radius 1 is 1.13 bits per heavy atom. The Kier molecular flexibility index (Phi) is 5.43. The molecule has 23 heavy (non-hydrogen) atoms. The molecule has 1 saturated carbocycles. The molecule has 2 aromatic rings. The average Bonchev–Trinajstić information content (AvgIpc) is 2.79. The van der Waals surface area contributed by atoms with Crippen molar-refractivity contribution in [1.82, 2.24) is 15.2 Å². The monoisotopic (exact) mass is 375 g/mol. The lowest BCUT2D eigenvalue weighted by atomic mass is 10.1. The van der Waals surface area contributed by atoms with Gasteiger partial charge in [0.15, 0.2) is 5.82 Å². The van der Waals surface area contributed by atoms with Gasteiger partial charge in [-0.1, -0.05) is 41.6 Å². The Balaban J connectivity index is 1.69. The number of hydrogen-bond acceptors (Lipinski definition) is 5. The average molecular weight is 376 g/mol. The summed E-state index contributed by atoms with van der Waals surface area (Å²) >= 11 is 3.47. The molecule has 1 fully saturated rings. The van der Waals surface area contributed by atoms with Gasteiger partial charge in [0.25, 0.3) is 0 Å². The van der Waals surface area contributed by atoms with Gasteiger partial charge in [0.05, 0.1) is 6.20 Å². The first-order chi connectivity index (χ1) is 11.2. The predicted octanol–water partition coefficient (Wildman–Crippen LogP) is 4.82. The summed E-state index contributed by atoms with van der Waals surface area (Å²) in [5.41, 5.74) is 2.12. The Labute approximate surface area is 145 Å². The highest BCUT2D eigenvalue weighted by Gasteiger charge is 2.13. The molecule has 1 aromatic heterocycles. The van der Waals surface area contributed by atoms with E-state index in [0.29, 0.717) is 12.0 Å². The molecule has 2 N–H and O–H groups in total. The van der Waals surface area contributed by atoms with Crippen molar-refractivity contribution in [2.45, 2.75) is 51.5 Å². The number of aromatic nitrogens is 3. The minimum absolute atomic E-state index is 0.497. The molecule has 0 aliphatic heterocycles. The van der Waals surface area contributed by atoms with E-state index in [2.05, 4.69) is 47.8 Å². The SMILES string of the molecule is Cc1cc(Br)ccc1Nc1nncc(NC2CCCCCC2)n1. The maximum atomic E-state index is 4.55. The second-order valence-electron chi connectivity index (χ2n) is 6.08. The van der Waals surface area contributed by atoms with E-state index in [0.717, 1.165) is 21.5 Å². The number of anilines is 3. The van der Waals surface area contributed by atoms with Crippen molar-refractivity contribution in [3.63, 3.8) is 0 Å². The summed E-state index contributed by atoms with van der Waals surface area (Å²) in [5.74, 6) is 1.32. The number of nitrogens with zero attached hydrogens (tertiary/aromatic N) is 3. The fourth-order valence-electron chi connectivity index (χ4n) is 2.95. The van der Waals surface area contributed by atoms with Crippen molar-refractivity contribution < 1.29 is 0 Å². The second-order valence-corrected chi connectivity index (χ2v) is 7.00. The standard InChI is InChI=1S/C17H22BrN5/c1-12-10-13(18)8-9-15(12)21-17-22-16(11-19-23-17)20-14-6-4-2-3-5-7-14/h8-11,14H,2-7H2,1H3,(H2,20,21,22,23). The molecular weight excluding hydrogens is 354 g/mol. The van der Waals surface area contributed by atoms with E-state index in [1.807, 2.05) is 19.1 Å². The third kappa shape index (κ3) is 4.64. The summed E-state index contributed by atoms with van der Waals surface area (Å²) in [5, 5.41) is 14.9. The van der Waals surface area contributed by atoms with E-state index >= 15 is 0 Å². The lowest BCUT2D eigenvalue weighted by Gasteiger charge is -2.17.